The molecule has 0 saturated carbocycles. The maximum Gasteiger partial charge on any atom is 0.264 e. The van der Waals surface area contributed by atoms with Gasteiger partial charge in [0, 0.05) is 24.7 Å². The van der Waals surface area contributed by atoms with Crippen molar-refractivity contribution in [1.82, 2.24) is 14.3 Å². The van der Waals surface area contributed by atoms with E-state index in [1.54, 1.807) is 16.2 Å². The number of aromatic nitrogens is 2. The molecule has 4 heterocycles. The highest BCUT2D eigenvalue weighted by atomic mass is 32.1. The molecule has 1 saturated heterocycles. The lowest BCUT2D eigenvalue weighted by atomic mass is 10.3. The lowest BCUT2D eigenvalue weighted by Crippen LogP contribution is -2.28. The summed E-state index contributed by atoms with van der Waals surface area (Å²) in [6.45, 7) is 1.08. The summed E-state index contributed by atoms with van der Waals surface area (Å²) in [7, 11) is 0. The minimum atomic E-state index is -0.377. The van der Waals surface area contributed by atoms with Gasteiger partial charge in [-0.3, -0.25) is 9.20 Å². The van der Waals surface area contributed by atoms with Crippen LogP contribution < -0.4 is 0 Å². The fourth-order valence-electron chi connectivity index (χ4n) is 2.44. The predicted octanol–water partition coefficient (Wildman–Crippen LogP) is 1.82. The summed E-state index contributed by atoms with van der Waals surface area (Å²) in [5.41, 5.74) is 0.990. The Labute approximate surface area is 116 Å². The Bertz CT molecular complexity index is 772. The molecule has 3 aromatic heterocycles. The molecule has 0 radical (unpaired) electrons. The quantitative estimate of drug-likeness (QED) is 0.744. The Morgan fingerprint density at radius 3 is 3.21 bits per heavy atom. The summed E-state index contributed by atoms with van der Waals surface area (Å²) in [5.74, 6) is 0.00327. The third-order valence-corrected chi connectivity index (χ3v) is 5.16. The van der Waals surface area contributed by atoms with Gasteiger partial charge in [-0.05, 0) is 12.5 Å². The zero-order valence-corrected chi connectivity index (χ0v) is 11.6. The van der Waals surface area contributed by atoms with Gasteiger partial charge in [-0.2, -0.15) is 0 Å². The van der Waals surface area contributed by atoms with Gasteiger partial charge in [0.05, 0.1) is 16.5 Å². The number of carbonyl (C=O) groups excluding carboxylic acids is 1. The lowest BCUT2D eigenvalue weighted by Gasteiger charge is -2.13. The Kier molecular flexibility index (Phi) is 2.41. The number of imidazole rings is 1. The van der Waals surface area contributed by atoms with Crippen LogP contribution in [0.2, 0.25) is 0 Å². The number of rotatable bonds is 1. The highest BCUT2D eigenvalue weighted by molar-refractivity contribution is 7.21. The van der Waals surface area contributed by atoms with Gasteiger partial charge in [-0.1, -0.05) is 0 Å². The Balaban J connectivity index is 1.74. The molecule has 5 nitrogen and oxygen atoms in total. The molecule has 19 heavy (non-hydrogen) atoms. The van der Waals surface area contributed by atoms with Crippen molar-refractivity contribution < 1.29 is 9.90 Å². The van der Waals surface area contributed by atoms with Crippen LogP contribution in [0, 0.1) is 0 Å². The molecule has 4 rings (SSSR count). The first-order valence-electron chi connectivity index (χ1n) is 6.05. The van der Waals surface area contributed by atoms with Crippen molar-refractivity contribution in [1.29, 1.82) is 0 Å². The fraction of sp³-hybridized carbons (Fsp3) is 0.333. The number of fused-ring (bicyclic) bond motifs is 3. The van der Waals surface area contributed by atoms with Gasteiger partial charge in [0.15, 0.2) is 4.96 Å². The van der Waals surface area contributed by atoms with Crippen molar-refractivity contribution in [2.24, 2.45) is 0 Å². The van der Waals surface area contributed by atoms with Crippen LogP contribution in [-0.4, -0.2) is 44.5 Å². The molecule has 1 N–H and O–H groups in total. The molecule has 1 unspecified atom stereocenters. The fourth-order valence-corrected chi connectivity index (χ4v) is 4.20. The van der Waals surface area contributed by atoms with E-state index in [1.165, 1.54) is 11.3 Å². The molecule has 0 bridgehead atoms. The lowest BCUT2D eigenvalue weighted by molar-refractivity contribution is 0.0770. The van der Waals surface area contributed by atoms with Gasteiger partial charge in [0.25, 0.3) is 5.91 Å². The average molecular weight is 293 g/mol. The van der Waals surface area contributed by atoms with Gasteiger partial charge in [-0.25, -0.2) is 4.98 Å². The normalized spacial score (nSPS) is 19.8. The second-order valence-corrected chi connectivity index (χ2v) is 6.57. The number of β-amino-alcohol motifs (C(OH)–C–C–N with tert-alkyl or cyclic N) is 1. The van der Waals surface area contributed by atoms with Crippen molar-refractivity contribution in [3.05, 3.63) is 22.5 Å². The van der Waals surface area contributed by atoms with E-state index in [0.29, 0.717) is 24.4 Å². The monoisotopic (exact) mass is 293 g/mol. The van der Waals surface area contributed by atoms with Crippen LogP contribution >= 0.6 is 22.7 Å². The molecular formula is C12H11N3O2S2. The van der Waals surface area contributed by atoms with Crippen LogP contribution in [0.3, 0.4) is 0 Å². The van der Waals surface area contributed by atoms with Crippen molar-refractivity contribution >= 4 is 43.9 Å². The van der Waals surface area contributed by atoms with Crippen LogP contribution in [0.25, 0.3) is 15.3 Å². The molecule has 1 atom stereocenters. The van der Waals surface area contributed by atoms with E-state index in [-0.39, 0.29) is 12.0 Å². The van der Waals surface area contributed by atoms with E-state index in [4.69, 9.17) is 0 Å². The molecular weight excluding hydrogens is 282 g/mol. The average Bonchev–Trinajstić information content (AvgIpc) is 3.07. The van der Waals surface area contributed by atoms with Crippen molar-refractivity contribution in [2.75, 3.05) is 13.1 Å². The largest absolute Gasteiger partial charge is 0.391 e. The number of carbonyl (C=O) groups is 1. The molecule has 0 aliphatic carbocycles. The summed E-state index contributed by atoms with van der Waals surface area (Å²) >= 11 is 3.01. The first kappa shape index (κ1) is 11.4. The van der Waals surface area contributed by atoms with Crippen LogP contribution in [0.5, 0.6) is 0 Å². The summed E-state index contributed by atoms with van der Waals surface area (Å²) in [6, 6.07) is 1.90. The van der Waals surface area contributed by atoms with Crippen LogP contribution in [0.1, 0.15) is 16.1 Å². The molecule has 0 aromatic carbocycles. The highest BCUT2D eigenvalue weighted by Gasteiger charge is 2.27. The molecule has 3 aromatic rings. The topological polar surface area (TPSA) is 57.8 Å². The van der Waals surface area contributed by atoms with Gasteiger partial charge in [0.1, 0.15) is 4.83 Å². The SMILES string of the molecule is O=C(c1cc2c(nc3sccn32)s1)N1CCC(O)C1. The van der Waals surface area contributed by atoms with E-state index in [0.717, 1.165) is 15.3 Å². The van der Waals surface area contributed by atoms with E-state index >= 15 is 0 Å². The molecule has 1 fully saturated rings. The number of thiazole rings is 1. The van der Waals surface area contributed by atoms with E-state index in [2.05, 4.69) is 4.98 Å². The first-order chi connectivity index (χ1) is 9.22. The zero-order valence-electron chi connectivity index (χ0n) is 9.94. The predicted molar refractivity (Wildman–Crippen MR) is 75.0 cm³/mol. The number of likely N-dealkylation sites (tertiary alicyclic amines) is 1. The van der Waals surface area contributed by atoms with Crippen molar-refractivity contribution in [3.8, 4) is 0 Å². The number of amides is 1. The summed E-state index contributed by atoms with van der Waals surface area (Å²) in [4.78, 5) is 21.1. The number of thiophene rings is 1. The molecule has 0 spiro atoms. The van der Waals surface area contributed by atoms with Gasteiger partial charge in [-0.15, -0.1) is 22.7 Å². The maximum atomic E-state index is 12.3. The van der Waals surface area contributed by atoms with E-state index < -0.39 is 0 Å². The number of aliphatic hydroxyl groups is 1. The Morgan fingerprint density at radius 1 is 1.53 bits per heavy atom. The summed E-state index contributed by atoms with van der Waals surface area (Å²) in [5, 5.41) is 11.5. The molecule has 1 amide bonds. The summed E-state index contributed by atoms with van der Waals surface area (Å²) < 4.78 is 2.01. The molecule has 7 heteroatoms. The summed E-state index contributed by atoms with van der Waals surface area (Å²) in [6.07, 6.45) is 2.26. The number of hydrogen-bond donors (Lipinski definition) is 1. The van der Waals surface area contributed by atoms with E-state index in [9.17, 15) is 9.90 Å². The smallest absolute Gasteiger partial charge is 0.264 e. The zero-order chi connectivity index (χ0) is 13.0. The van der Waals surface area contributed by atoms with Gasteiger partial charge < -0.3 is 10.0 Å². The second-order valence-electron chi connectivity index (χ2n) is 4.66. The van der Waals surface area contributed by atoms with Crippen LogP contribution in [0.4, 0.5) is 0 Å². The number of nitrogens with zero attached hydrogens (tertiary/aromatic N) is 3. The second kappa shape index (κ2) is 4.03. The first-order valence-corrected chi connectivity index (χ1v) is 7.74. The van der Waals surface area contributed by atoms with E-state index in [1.807, 2.05) is 22.0 Å². The third kappa shape index (κ3) is 1.69. The minimum absolute atomic E-state index is 0.00327. The van der Waals surface area contributed by atoms with Gasteiger partial charge >= 0.3 is 0 Å². The van der Waals surface area contributed by atoms with Gasteiger partial charge in [0.2, 0.25) is 0 Å². The highest BCUT2D eigenvalue weighted by Crippen LogP contribution is 2.29. The van der Waals surface area contributed by atoms with Crippen LogP contribution in [-0.2, 0) is 0 Å². The Hall–Kier alpha value is -1.44. The Morgan fingerprint density at radius 2 is 2.42 bits per heavy atom. The standard InChI is InChI=1S/C12H11N3O2S2/c16-7-1-2-14(6-7)11(17)9-5-8-10(19-9)13-12-15(8)3-4-18-12/h3-5,7,16H,1-2,6H2. The van der Waals surface area contributed by atoms with Crippen molar-refractivity contribution in [2.45, 2.75) is 12.5 Å². The van der Waals surface area contributed by atoms with Crippen LogP contribution in [0.15, 0.2) is 17.6 Å². The van der Waals surface area contributed by atoms with Crippen molar-refractivity contribution in [3.63, 3.8) is 0 Å². The minimum Gasteiger partial charge on any atom is -0.391 e. The number of hydrogen-bond acceptors (Lipinski definition) is 5. The molecule has 1 aliphatic rings. The third-order valence-electron chi connectivity index (χ3n) is 3.40. The maximum absolute atomic E-state index is 12.3. The molecule has 98 valence electrons. The number of aliphatic hydroxyl groups excluding tert-OH is 1. The molecule has 1 aliphatic heterocycles.